The molecule has 0 saturated heterocycles. The largest absolute Gasteiger partial charge is 0.293 e. The Morgan fingerprint density at radius 3 is 2.14 bits per heavy atom. The molecule has 29 heavy (non-hydrogen) atoms. The molecule has 0 saturated carbocycles. The molecule has 0 bridgehead atoms. The van der Waals surface area contributed by atoms with Gasteiger partial charge in [0.25, 0.3) is 0 Å². The Hall–Kier alpha value is -3.45. The van der Waals surface area contributed by atoms with Crippen LogP contribution in [0.2, 0.25) is 0 Å². The molecule has 0 amide bonds. The fourth-order valence-electron chi connectivity index (χ4n) is 5.15. The molecule has 5 aromatic rings. The van der Waals surface area contributed by atoms with Gasteiger partial charge in [0, 0.05) is 16.9 Å². The molecule has 0 aliphatic heterocycles. The molecule has 1 nitrogen and oxygen atoms in total. The molecule has 0 radical (unpaired) electrons. The number of carbonyl (C=O) groups is 1. The van der Waals surface area contributed by atoms with Crippen LogP contribution < -0.4 is 5.22 Å². The van der Waals surface area contributed by atoms with Crippen LogP contribution in [0.15, 0.2) is 78.9 Å². The average Bonchev–Trinajstić information content (AvgIpc) is 2.77. The minimum Gasteiger partial charge on any atom is -0.293 e. The molecular weight excluding hydrogens is 352 g/mol. The van der Waals surface area contributed by atoms with Crippen molar-refractivity contribution in [2.75, 3.05) is 0 Å². The second kappa shape index (κ2) is 5.78. The van der Waals surface area contributed by atoms with Crippen molar-refractivity contribution < 1.29 is 4.79 Å². The van der Waals surface area contributed by atoms with Gasteiger partial charge in [0.15, 0.2) is 5.78 Å². The minimum absolute atomic E-state index is 0.115. The molecule has 1 aliphatic carbocycles. The maximum absolute atomic E-state index is 13.6. The summed E-state index contributed by atoms with van der Waals surface area (Å²) < 4.78 is 0. The van der Waals surface area contributed by atoms with Crippen molar-refractivity contribution in [1.29, 1.82) is 0 Å². The molecule has 0 spiro atoms. The van der Waals surface area contributed by atoms with Crippen LogP contribution in [0.3, 0.4) is 0 Å². The molecule has 6 rings (SSSR count). The lowest BCUT2D eigenvalue weighted by Gasteiger charge is -2.25. The van der Waals surface area contributed by atoms with E-state index in [0.717, 1.165) is 16.3 Å². The Kier molecular flexibility index (Phi) is 3.29. The van der Waals surface area contributed by atoms with Gasteiger partial charge in [-0.3, -0.25) is 4.79 Å². The third-order valence-corrected chi connectivity index (χ3v) is 6.69. The third-order valence-electron chi connectivity index (χ3n) is 6.69. The number of ketones is 1. The molecular formula is C28H20O. The van der Waals surface area contributed by atoms with Crippen molar-refractivity contribution in [1.82, 2.24) is 0 Å². The summed E-state index contributed by atoms with van der Waals surface area (Å²) in [6.07, 6.45) is 0. The molecule has 0 N–H and O–H groups in total. The van der Waals surface area contributed by atoms with Gasteiger partial charge in [0.05, 0.1) is 0 Å². The van der Waals surface area contributed by atoms with E-state index in [1.54, 1.807) is 0 Å². The second-order valence-electron chi connectivity index (χ2n) is 8.13. The van der Waals surface area contributed by atoms with Crippen molar-refractivity contribution >= 4 is 43.7 Å². The topological polar surface area (TPSA) is 17.1 Å². The van der Waals surface area contributed by atoms with Gasteiger partial charge in [0.2, 0.25) is 0 Å². The lowest BCUT2D eigenvalue weighted by atomic mass is 9.77. The molecule has 1 heteroatoms. The van der Waals surface area contributed by atoms with E-state index in [0.29, 0.717) is 0 Å². The zero-order valence-electron chi connectivity index (χ0n) is 16.5. The van der Waals surface area contributed by atoms with E-state index in [1.165, 1.54) is 43.5 Å². The van der Waals surface area contributed by atoms with Gasteiger partial charge >= 0.3 is 0 Å². The van der Waals surface area contributed by atoms with Crippen LogP contribution >= 0.6 is 0 Å². The first-order chi connectivity index (χ1) is 14.2. The predicted octanol–water partition coefficient (Wildman–Crippen LogP) is 6.54. The van der Waals surface area contributed by atoms with Gasteiger partial charge < -0.3 is 0 Å². The smallest absolute Gasteiger partial charge is 0.170 e. The summed E-state index contributed by atoms with van der Waals surface area (Å²) in [5.74, 6) is 0.124. The first-order valence-electron chi connectivity index (χ1n) is 10.2. The number of rotatable bonds is 1. The summed E-state index contributed by atoms with van der Waals surface area (Å²) in [5.41, 5.74) is 4.48. The van der Waals surface area contributed by atoms with Gasteiger partial charge in [-0.25, -0.2) is 0 Å². The summed E-state index contributed by atoms with van der Waals surface area (Å²) in [4.78, 5) is 13.6. The molecule has 0 aromatic heterocycles. The van der Waals surface area contributed by atoms with Crippen molar-refractivity contribution in [3.05, 3.63) is 89.6 Å². The Bertz CT molecular complexity index is 1520. The number of benzene rings is 5. The SMILES string of the molecule is CC1=c2c(-c3ccccc3)ccc3c2c(c2cccc4cccc3c42)C(=O)C1C. The fourth-order valence-corrected chi connectivity index (χ4v) is 5.15. The van der Waals surface area contributed by atoms with Crippen molar-refractivity contribution in [2.24, 2.45) is 5.92 Å². The summed E-state index contributed by atoms with van der Waals surface area (Å²) in [5, 5.41) is 8.25. The summed E-state index contributed by atoms with van der Waals surface area (Å²) in [6, 6.07) is 27.7. The Morgan fingerprint density at radius 1 is 0.690 bits per heavy atom. The van der Waals surface area contributed by atoms with E-state index >= 15 is 0 Å². The van der Waals surface area contributed by atoms with Crippen LogP contribution in [-0.4, -0.2) is 5.78 Å². The number of hydrogen-bond acceptors (Lipinski definition) is 1. The molecule has 1 aliphatic rings. The second-order valence-corrected chi connectivity index (χ2v) is 8.13. The van der Waals surface area contributed by atoms with E-state index in [4.69, 9.17) is 0 Å². The van der Waals surface area contributed by atoms with Crippen LogP contribution in [0.1, 0.15) is 24.2 Å². The number of carbonyl (C=O) groups excluding carboxylic acids is 1. The van der Waals surface area contributed by atoms with Crippen LogP contribution in [-0.2, 0) is 0 Å². The first kappa shape index (κ1) is 16.5. The molecule has 0 heterocycles. The highest BCUT2D eigenvalue weighted by Crippen LogP contribution is 2.40. The Balaban J connectivity index is 1.96. The third kappa shape index (κ3) is 2.08. The van der Waals surface area contributed by atoms with Gasteiger partial charge in [-0.2, -0.15) is 0 Å². The average molecular weight is 372 g/mol. The fraction of sp³-hybridized carbons (Fsp3) is 0.107. The minimum atomic E-state index is -0.115. The van der Waals surface area contributed by atoms with E-state index in [9.17, 15) is 4.79 Å². The Morgan fingerprint density at radius 2 is 1.38 bits per heavy atom. The number of hydrogen-bond donors (Lipinski definition) is 0. The van der Waals surface area contributed by atoms with Crippen molar-refractivity contribution in [3.8, 4) is 11.1 Å². The highest BCUT2D eigenvalue weighted by atomic mass is 16.1. The quantitative estimate of drug-likeness (QED) is 0.241. The lowest BCUT2D eigenvalue weighted by molar-refractivity contribution is 0.0958. The highest BCUT2D eigenvalue weighted by molar-refractivity contribution is 6.32. The van der Waals surface area contributed by atoms with E-state index < -0.39 is 0 Å². The standard InChI is InChI=1S/C28H20O/c1-16-17(2)28(29)27-23-13-7-11-19-10-6-12-21(25(19)23)22-15-14-20(24(16)26(22)27)18-8-4-3-5-9-18/h3-15,17H,1-2H3. The summed E-state index contributed by atoms with van der Waals surface area (Å²) in [6.45, 7) is 4.18. The van der Waals surface area contributed by atoms with Gasteiger partial charge in [-0.05, 0) is 50.2 Å². The maximum Gasteiger partial charge on any atom is 0.170 e. The molecule has 5 aromatic carbocycles. The van der Waals surface area contributed by atoms with Crippen LogP contribution in [0.25, 0.3) is 49.0 Å². The predicted molar refractivity (Wildman–Crippen MR) is 122 cm³/mol. The van der Waals surface area contributed by atoms with Crippen molar-refractivity contribution in [2.45, 2.75) is 13.8 Å². The first-order valence-corrected chi connectivity index (χ1v) is 10.2. The normalized spacial score (nSPS) is 16.3. The van der Waals surface area contributed by atoms with E-state index in [-0.39, 0.29) is 11.7 Å². The molecule has 1 unspecified atom stereocenters. The zero-order valence-corrected chi connectivity index (χ0v) is 16.5. The summed E-state index contributed by atoms with van der Waals surface area (Å²) in [7, 11) is 0. The number of fused-ring (bicyclic) bond motifs is 2. The lowest BCUT2D eigenvalue weighted by Crippen LogP contribution is -2.27. The van der Waals surface area contributed by atoms with Gasteiger partial charge in [0.1, 0.15) is 0 Å². The van der Waals surface area contributed by atoms with Crippen molar-refractivity contribution in [3.63, 3.8) is 0 Å². The zero-order chi connectivity index (χ0) is 19.7. The van der Waals surface area contributed by atoms with Crippen LogP contribution in [0.5, 0.6) is 0 Å². The van der Waals surface area contributed by atoms with E-state index in [2.05, 4.69) is 86.6 Å². The monoisotopic (exact) mass is 372 g/mol. The van der Waals surface area contributed by atoms with Crippen LogP contribution in [0, 0.1) is 5.92 Å². The molecule has 1 atom stereocenters. The molecule has 138 valence electrons. The van der Waals surface area contributed by atoms with E-state index in [1.807, 2.05) is 6.07 Å². The van der Waals surface area contributed by atoms with Crippen LogP contribution in [0.4, 0.5) is 0 Å². The highest BCUT2D eigenvalue weighted by Gasteiger charge is 2.29. The number of Topliss-reactive ketones (excluding diaryl/α,β-unsaturated/α-hetero) is 1. The summed E-state index contributed by atoms with van der Waals surface area (Å²) >= 11 is 0. The van der Waals surface area contributed by atoms with Gasteiger partial charge in [-0.15, -0.1) is 0 Å². The maximum atomic E-state index is 13.6. The van der Waals surface area contributed by atoms with Gasteiger partial charge in [-0.1, -0.05) is 91.4 Å². The Labute approximate surface area is 169 Å². The molecule has 0 fully saturated rings.